The molecule has 4 amide bonds. The van der Waals surface area contributed by atoms with Crippen LogP contribution in [0.25, 0.3) is 0 Å². The van der Waals surface area contributed by atoms with Crippen molar-refractivity contribution in [2.45, 2.75) is 57.3 Å². The molecule has 216 valence electrons. The summed E-state index contributed by atoms with van der Waals surface area (Å²) in [4.78, 5) is 53.7. The Morgan fingerprint density at radius 2 is 1.83 bits per heavy atom. The van der Waals surface area contributed by atoms with Crippen LogP contribution in [0.5, 0.6) is 0 Å². The fourth-order valence-electron chi connectivity index (χ4n) is 5.28. The molecule has 0 radical (unpaired) electrons. The molecule has 3 atom stereocenters. The minimum absolute atomic E-state index is 0.0230. The standard InChI is InChI=1S/C28H27ClF3N5O4/c1-26(2,3)12-20(34-22(38)23(39)36-21-17(28(30,31)32)8-6-9-18(21)29)24(40)37-14-27(11-15(37)13-33)16-7-4-5-10-19(16)35-25(27)41/h4-10,15,20H,11-12,14H2,1-3H3,(H,34,38)(H,35,41)(H,36,39)/t15-,20-,27-/m0/s1. The Labute approximate surface area is 239 Å². The Balaban J connectivity index is 1.59. The summed E-state index contributed by atoms with van der Waals surface area (Å²) in [6.45, 7) is 5.22. The van der Waals surface area contributed by atoms with Crippen molar-refractivity contribution in [3.05, 3.63) is 58.6 Å². The largest absolute Gasteiger partial charge is 0.418 e. The van der Waals surface area contributed by atoms with E-state index in [9.17, 15) is 37.6 Å². The lowest BCUT2D eigenvalue weighted by Gasteiger charge is -2.31. The van der Waals surface area contributed by atoms with E-state index in [1.54, 1.807) is 45.0 Å². The molecule has 3 N–H and O–H groups in total. The smallest absolute Gasteiger partial charge is 0.336 e. The van der Waals surface area contributed by atoms with Gasteiger partial charge in [-0.3, -0.25) is 19.2 Å². The van der Waals surface area contributed by atoms with E-state index in [-0.39, 0.29) is 25.3 Å². The number of benzene rings is 2. The van der Waals surface area contributed by atoms with Gasteiger partial charge in [-0.1, -0.05) is 56.6 Å². The predicted molar refractivity (Wildman–Crippen MR) is 144 cm³/mol. The summed E-state index contributed by atoms with van der Waals surface area (Å²) in [7, 11) is 0. The molecule has 2 aromatic rings. The van der Waals surface area contributed by atoms with E-state index in [2.05, 4.69) is 16.7 Å². The van der Waals surface area contributed by atoms with Gasteiger partial charge in [0, 0.05) is 18.7 Å². The molecule has 1 saturated heterocycles. The number of hydrogen-bond acceptors (Lipinski definition) is 5. The highest BCUT2D eigenvalue weighted by molar-refractivity contribution is 6.42. The fourth-order valence-corrected chi connectivity index (χ4v) is 5.50. The molecule has 41 heavy (non-hydrogen) atoms. The van der Waals surface area contributed by atoms with Gasteiger partial charge in [0.25, 0.3) is 0 Å². The van der Waals surface area contributed by atoms with Gasteiger partial charge in [-0.05, 0) is 35.6 Å². The summed E-state index contributed by atoms with van der Waals surface area (Å²) in [5.74, 6) is -3.89. The van der Waals surface area contributed by atoms with E-state index in [4.69, 9.17) is 11.6 Å². The molecule has 13 heteroatoms. The van der Waals surface area contributed by atoms with Crippen molar-refractivity contribution < 1.29 is 32.3 Å². The number of carbonyl (C=O) groups excluding carboxylic acids is 4. The van der Waals surface area contributed by atoms with E-state index >= 15 is 0 Å². The van der Waals surface area contributed by atoms with E-state index < -0.39 is 63.1 Å². The summed E-state index contributed by atoms with van der Waals surface area (Å²) in [5.41, 5.74) is -2.54. The Hall–Kier alpha value is -4.11. The zero-order valence-electron chi connectivity index (χ0n) is 22.4. The van der Waals surface area contributed by atoms with Crippen LogP contribution in [0.1, 0.15) is 44.7 Å². The first-order chi connectivity index (χ1) is 19.1. The Morgan fingerprint density at radius 1 is 1.15 bits per heavy atom. The van der Waals surface area contributed by atoms with Crippen LogP contribution in [0.3, 0.4) is 0 Å². The summed E-state index contributed by atoms with van der Waals surface area (Å²) in [6.07, 6.45) is -4.81. The third kappa shape index (κ3) is 5.86. The molecule has 0 aromatic heterocycles. The van der Waals surface area contributed by atoms with E-state index in [0.29, 0.717) is 17.3 Å². The maximum absolute atomic E-state index is 13.8. The Bertz CT molecular complexity index is 1470. The van der Waals surface area contributed by atoms with Crippen LogP contribution in [-0.4, -0.2) is 47.2 Å². The number of nitriles is 1. The van der Waals surface area contributed by atoms with E-state index in [0.717, 1.165) is 12.1 Å². The van der Waals surface area contributed by atoms with Gasteiger partial charge in [0.15, 0.2) is 0 Å². The number of nitrogens with zero attached hydrogens (tertiary/aromatic N) is 2. The highest BCUT2D eigenvalue weighted by Gasteiger charge is 2.56. The molecule has 2 aliphatic rings. The normalized spacial score (nSPS) is 20.7. The maximum atomic E-state index is 13.8. The van der Waals surface area contributed by atoms with Crippen molar-refractivity contribution in [3.63, 3.8) is 0 Å². The van der Waals surface area contributed by atoms with Crippen LogP contribution in [0, 0.1) is 16.7 Å². The van der Waals surface area contributed by atoms with Crippen LogP contribution < -0.4 is 16.0 Å². The first-order valence-corrected chi connectivity index (χ1v) is 13.0. The Morgan fingerprint density at radius 3 is 2.46 bits per heavy atom. The average Bonchev–Trinajstić information content (AvgIpc) is 3.40. The molecule has 0 saturated carbocycles. The topological polar surface area (TPSA) is 131 Å². The molecule has 0 aliphatic carbocycles. The molecule has 4 rings (SSSR count). The SMILES string of the molecule is CC(C)(C)C[C@H](NC(=O)C(=O)Nc1c(Cl)cccc1C(F)(F)F)C(=O)N1C[C@]2(C[C@H]1C#N)C(=O)Nc1ccccc12. The monoisotopic (exact) mass is 589 g/mol. The van der Waals surface area contributed by atoms with Gasteiger partial charge >= 0.3 is 18.0 Å². The number of anilines is 2. The zero-order valence-corrected chi connectivity index (χ0v) is 23.1. The molecule has 1 fully saturated rings. The van der Waals surface area contributed by atoms with Gasteiger partial charge in [-0.15, -0.1) is 0 Å². The van der Waals surface area contributed by atoms with Crippen LogP contribution in [0.15, 0.2) is 42.5 Å². The molecule has 0 unspecified atom stereocenters. The number of hydrogen-bond donors (Lipinski definition) is 3. The number of alkyl halides is 3. The van der Waals surface area contributed by atoms with Crippen molar-refractivity contribution in [2.24, 2.45) is 5.41 Å². The van der Waals surface area contributed by atoms with Crippen LogP contribution >= 0.6 is 11.6 Å². The molecule has 2 heterocycles. The second-order valence-electron chi connectivity index (χ2n) is 11.3. The predicted octanol–water partition coefficient (Wildman–Crippen LogP) is 4.23. The van der Waals surface area contributed by atoms with Gasteiger partial charge in [-0.2, -0.15) is 18.4 Å². The molecule has 0 bridgehead atoms. The zero-order chi connectivity index (χ0) is 30.3. The van der Waals surface area contributed by atoms with Crippen molar-refractivity contribution in [1.82, 2.24) is 10.2 Å². The number of likely N-dealkylation sites (tertiary alicyclic amines) is 1. The highest BCUT2D eigenvalue weighted by Crippen LogP contribution is 2.46. The van der Waals surface area contributed by atoms with Crippen molar-refractivity contribution >= 4 is 46.6 Å². The number of rotatable bonds is 4. The first-order valence-electron chi connectivity index (χ1n) is 12.7. The second-order valence-corrected chi connectivity index (χ2v) is 11.7. The number of nitrogens with one attached hydrogen (secondary N) is 3. The molecule has 2 aliphatic heterocycles. The van der Waals surface area contributed by atoms with Gasteiger partial charge in [0.2, 0.25) is 11.8 Å². The molecule has 1 spiro atoms. The first kappa shape index (κ1) is 29.9. The summed E-state index contributed by atoms with van der Waals surface area (Å²) < 4.78 is 40.4. The van der Waals surface area contributed by atoms with Crippen LogP contribution in [0.4, 0.5) is 24.5 Å². The molecule has 9 nitrogen and oxygen atoms in total. The van der Waals surface area contributed by atoms with Gasteiger partial charge in [0.1, 0.15) is 12.1 Å². The lowest BCUT2D eigenvalue weighted by Crippen LogP contribution is -2.53. The lowest BCUT2D eigenvalue weighted by atomic mass is 9.80. The van der Waals surface area contributed by atoms with Crippen LogP contribution in [-0.2, 0) is 30.8 Å². The summed E-state index contributed by atoms with van der Waals surface area (Å²) in [5, 5.41) is 16.5. The third-order valence-electron chi connectivity index (χ3n) is 7.10. The van der Waals surface area contributed by atoms with Crippen molar-refractivity contribution in [3.8, 4) is 6.07 Å². The summed E-state index contributed by atoms with van der Waals surface area (Å²) in [6, 6.07) is 9.57. The number of para-hydroxylation sites is 2. The lowest BCUT2D eigenvalue weighted by molar-refractivity contribution is -0.141. The van der Waals surface area contributed by atoms with E-state index in [1.165, 1.54) is 4.90 Å². The number of halogens is 4. The third-order valence-corrected chi connectivity index (χ3v) is 7.41. The minimum Gasteiger partial charge on any atom is -0.336 e. The van der Waals surface area contributed by atoms with Gasteiger partial charge in [0.05, 0.1) is 27.8 Å². The quantitative estimate of drug-likeness (QED) is 0.459. The fraction of sp³-hybridized carbons (Fsp3) is 0.393. The molecule has 2 aromatic carbocycles. The number of fused-ring (bicyclic) bond motifs is 2. The Kier molecular flexibility index (Phi) is 7.80. The number of carbonyl (C=O) groups is 4. The average molecular weight is 590 g/mol. The van der Waals surface area contributed by atoms with Crippen LogP contribution in [0.2, 0.25) is 5.02 Å². The molecular formula is C28H27ClF3N5O4. The van der Waals surface area contributed by atoms with Crippen molar-refractivity contribution in [2.75, 3.05) is 17.2 Å². The van der Waals surface area contributed by atoms with Crippen molar-refractivity contribution in [1.29, 1.82) is 5.26 Å². The summed E-state index contributed by atoms with van der Waals surface area (Å²) >= 11 is 5.88. The number of amides is 4. The van der Waals surface area contributed by atoms with E-state index in [1.807, 2.05) is 5.32 Å². The second kappa shape index (κ2) is 10.7. The van der Waals surface area contributed by atoms with Gasteiger partial charge < -0.3 is 20.9 Å². The minimum atomic E-state index is -4.86. The molecular weight excluding hydrogens is 563 g/mol. The highest BCUT2D eigenvalue weighted by atomic mass is 35.5. The van der Waals surface area contributed by atoms with Gasteiger partial charge in [-0.25, -0.2) is 0 Å². The maximum Gasteiger partial charge on any atom is 0.418 e.